The average molecular weight is 416 g/mol. The summed E-state index contributed by atoms with van der Waals surface area (Å²) in [6.45, 7) is 7.84. The summed E-state index contributed by atoms with van der Waals surface area (Å²) in [4.78, 5) is 15.5. The number of hydrogen-bond donors (Lipinski definition) is 2. The molecule has 0 amide bonds. The molecule has 5 atom stereocenters. The minimum Gasteiger partial charge on any atom is -0.477 e. The molecule has 5 unspecified atom stereocenters. The molecule has 3 fully saturated rings. The van der Waals surface area contributed by atoms with Gasteiger partial charge in [-0.05, 0) is 63.6 Å². The van der Waals surface area contributed by atoms with Gasteiger partial charge in [0.25, 0.3) is 0 Å². The number of piperidine rings is 1. The van der Waals surface area contributed by atoms with Gasteiger partial charge in [0.15, 0.2) is 29.7 Å². The smallest absolute Gasteiger partial charge is 0.197 e. The van der Waals surface area contributed by atoms with Gasteiger partial charge in [0, 0.05) is 31.0 Å². The number of carbonyl (C=O) groups excluding carboxylic acids is 1. The van der Waals surface area contributed by atoms with E-state index in [1.165, 1.54) is 12.8 Å². The first kappa shape index (κ1) is 20.3. The molecule has 0 bridgehead atoms. The van der Waals surface area contributed by atoms with E-state index < -0.39 is 23.4 Å². The van der Waals surface area contributed by atoms with E-state index in [9.17, 15) is 15.0 Å². The molecule has 6 nitrogen and oxygen atoms in total. The number of carbonyl (C=O) groups is 1. The van der Waals surface area contributed by atoms with Crippen LogP contribution in [0, 0.1) is 12.8 Å². The Hall–Kier alpha value is -1.63. The molecule has 1 aromatic carbocycles. The van der Waals surface area contributed by atoms with E-state index in [1.54, 1.807) is 6.07 Å². The van der Waals surface area contributed by atoms with Crippen molar-refractivity contribution in [3.8, 4) is 11.5 Å². The summed E-state index contributed by atoms with van der Waals surface area (Å²) >= 11 is 0. The van der Waals surface area contributed by atoms with Gasteiger partial charge in [0.1, 0.15) is 0 Å². The summed E-state index contributed by atoms with van der Waals surface area (Å²) in [6, 6.07) is 3.70. The summed E-state index contributed by atoms with van der Waals surface area (Å²) < 4.78 is 12.1. The highest BCUT2D eigenvalue weighted by Crippen LogP contribution is 2.62. The number of benzene rings is 1. The molecule has 6 heteroatoms. The number of rotatable bonds is 5. The van der Waals surface area contributed by atoms with E-state index >= 15 is 0 Å². The van der Waals surface area contributed by atoms with Crippen molar-refractivity contribution >= 4 is 5.78 Å². The van der Waals surface area contributed by atoms with E-state index in [2.05, 4.69) is 11.8 Å². The summed E-state index contributed by atoms with van der Waals surface area (Å²) in [5.74, 6) is 1.79. The number of fused-ring (bicyclic) bond motifs is 1. The van der Waals surface area contributed by atoms with Crippen molar-refractivity contribution in [3.05, 3.63) is 23.3 Å². The van der Waals surface area contributed by atoms with E-state index in [0.717, 1.165) is 30.1 Å². The number of ketones is 1. The molecule has 30 heavy (non-hydrogen) atoms. The van der Waals surface area contributed by atoms with Gasteiger partial charge in [-0.2, -0.15) is 0 Å². The van der Waals surface area contributed by atoms with Crippen LogP contribution in [0.5, 0.6) is 11.5 Å². The lowest BCUT2D eigenvalue weighted by Crippen LogP contribution is -2.74. The lowest BCUT2D eigenvalue weighted by atomic mass is 9.52. The van der Waals surface area contributed by atoms with Crippen molar-refractivity contribution in [1.82, 2.24) is 4.90 Å². The molecular formula is C24H33NO5. The maximum absolute atomic E-state index is 13.1. The van der Waals surface area contributed by atoms with Crippen molar-refractivity contribution in [2.45, 2.75) is 88.7 Å². The first-order chi connectivity index (χ1) is 14.3. The number of ether oxygens (including phenoxy) is 2. The Morgan fingerprint density at radius 3 is 2.80 bits per heavy atom. The molecular weight excluding hydrogens is 382 g/mol. The highest BCUT2D eigenvalue weighted by molar-refractivity contribution is 5.89. The van der Waals surface area contributed by atoms with Crippen LogP contribution < -0.4 is 9.47 Å². The molecule has 2 aliphatic carbocycles. The Morgan fingerprint density at radius 1 is 1.33 bits per heavy atom. The van der Waals surface area contributed by atoms with Gasteiger partial charge in [0.05, 0.1) is 11.0 Å². The zero-order chi connectivity index (χ0) is 21.3. The number of hydrogen-bond acceptors (Lipinski definition) is 6. The van der Waals surface area contributed by atoms with Crippen LogP contribution in [0.3, 0.4) is 0 Å². The third-order valence-electron chi connectivity index (χ3n) is 8.11. The lowest BCUT2D eigenvalue weighted by molar-refractivity contribution is -0.181. The van der Waals surface area contributed by atoms with Crippen LogP contribution in [0.25, 0.3) is 0 Å². The predicted octanol–water partition coefficient (Wildman–Crippen LogP) is 2.70. The number of Topliss-reactive ketones (excluding diaryl/α,β-unsaturated/α-hetero) is 1. The maximum atomic E-state index is 13.1. The third kappa shape index (κ3) is 2.69. The van der Waals surface area contributed by atoms with Crippen LogP contribution in [0.15, 0.2) is 12.1 Å². The van der Waals surface area contributed by atoms with Crippen LogP contribution in [0.4, 0.5) is 0 Å². The maximum Gasteiger partial charge on any atom is 0.197 e. The second-order valence-electron chi connectivity index (χ2n) is 9.79. The monoisotopic (exact) mass is 415 g/mol. The number of aliphatic hydroxyl groups excluding tert-OH is 1. The number of aryl methyl sites for hydroxylation is 1. The molecule has 0 aromatic heterocycles. The number of likely N-dealkylation sites (tertiary alicyclic amines) is 1. The Bertz CT molecular complexity index is 867. The Labute approximate surface area is 178 Å². The van der Waals surface area contributed by atoms with Crippen molar-refractivity contribution in [2.24, 2.45) is 5.92 Å². The second-order valence-corrected chi connectivity index (χ2v) is 9.79. The Morgan fingerprint density at radius 2 is 2.10 bits per heavy atom. The molecule has 2 heterocycles. The van der Waals surface area contributed by atoms with E-state index in [0.29, 0.717) is 37.2 Å². The third-order valence-corrected chi connectivity index (χ3v) is 8.11. The summed E-state index contributed by atoms with van der Waals surface area (Å²) in [6.07, 6.45) is 2.84. The first-order valence-corrected chi connectivity index (χ1v) is 11.5. The van der Waals surface area contributed by atoms with E-state index in [4.69, 9.17) is 9.47 Å². The molecule has 2 saturated carbocycles. The fourth-order valence-corrected chi connectivity index (χ4v) is 6.21. The molecule has 4 aliphatic rings. The molecule has 2 aliphatic heterocycles. The van der Waals surface area contributed by atoms with E-state index in [-0.39, 0.29) is 11.8 Å². The molecule has 5 rings (SSSR count). The number of nitrogens with zero attached hydrogens (tertiary/aromatic N) is 1. The Kier molecular flexibility index (Phi) is 4.69. The van der Waals surface area contributed by atoms with Crippen LogP contribution in [-0.2, 0) is 10.2 Å². The fourth-order valence-electron chi connectivity index (χ4n) is 6.21. The topological polar surface area (TPSA) is 79.2 Å². The van der Waals surface area contributed by atoms with Crippen LogP contribution in [-0.4, -0.2) is 58.0 Å². The van der Waals surface area contributed by atoms with Crippen LogP contribution in [0.1, 0.15) is 63.5 Å². The molecule has 1 spiro atoms. The SMILES string of the molecule is CCC(O)Oc1ccc(C)c2c1OC1C(=O)CCC3(O)C(C)N(CC4CC4)CCC213. The van der Waals surface area contributed by atoms with Gasteiger partial charge < -0.3 is 19.7 Å². The van der Waals surface area contributed by atoms with E-state index in [1.807, 2.05) is 19.9 Å². The quantitative estimate of drug-likeness (QED) is 0.720. The molecule has 164 valence electrons. The highest BCUT2D eigenvalue weighted by Gasteiger charge is 2.70. The van der Waals surface area contributed by atoms with Gasteiger partial charge >= 0.3 is 0 Å². The van der Waals surface area contributed by atoms with Gasteiger partial charge in [-0.15, -0.1) is 0 Å². The van der Waals surface area contributed by atoms with Crippen molar-refractivity contribution in [1.29, 1.82) is 0 Å². The minimum atomic E-state index is -1.04. The zero-order valence-electron chi connectivity index (χ0n) is 18.2. The van der Waals surface area contributed by atoms with Crippen LogP contribution in [0.2, 0.25) is 0 Å². The number of aliphatic hydroxyl groups is 2. The van der Waals surface area contributed by atoms with Crippen molar-refractivity contribution in [3.63, 3.8) is 0 Å². The summed E-state index contributed by atoms with van der Waals surface area (Å²) in [5.41, 5.74) is 0.0951. The fraction of sp³-hybridized carbons (Fsp3) is 0.708. The zero-order valence-corrected chi connectivity index (χ0v) is 18.2. The summed E-state index contributed by atoms with van der Waals surface area (Å²) in [5, 5.41) is 22.3. The lowest BCUT2D eigenvalue weighted by Gasteiger charge is -2.59. The first-order valence-electron chi connectivity index (χ1n) is 11.5. The molecule has 1 aromatic rings. The minimum absolute atomic E-state index is 0.0535. The second kappa shape index (κ2) is 6.94. The van der Waals surface area contributed by atoms with Crippen LogP contribution >= 0.6 is 0 Å². The van der Waals surface area contributed by atoms with Crippen molar-refractivity contribution < 1.29 is 24.5 Å². The molecule has 1 saturated heterocycles. The molecule has 0 radical (unpaired) electrons. The predicted molar refractivity (Wildman–Crippen MR) is 112 cm³/mol. The van der Waals surface area contributed by atoms with Gasteiger partial charge in [-0.25, -0.2) is 0 Å². The average Bonchev–Trinajstić information content (AvgIpc) is 3.47. The van der Waals surface area contributed by atoms with Gasteiger partial charge in [-0.1, -0.05) is 13.0 Å². The van der Waals surface area contributed by atoms with Gasteiger partial charge in [0.2, 0.25) is 0 Å². The summed E-state index contributed by atoms with van der Waals surface area (Å²) in [7, 11) is 0. The Balaban J connectivity index is 1.62. The standard InChI is InChI=1S/C24H33NO5/c1-4-19(27)29-18-8-5-14(2)20-21(18)30-22-17(26)9-10-24(28)15(3)25(13-16-6-7-16)12-11-23(20,22)24/h5,8,15-16,19,22,27-28H,4,6-7,9-13H2,1-3H3. The normalized spacial score (nSPS) is 36.5. The largest absolute Gasteiger partial charge is 0.477 e. The van der Waals surface area contributed by atoms with Gasteiger partial charge in [-0.3, -0.25) is 9.69 Å². The molecule has 2 N–H and O–H groups in total. The highest BCUT2D eigenvalue weighted by atomic mass is 16.6. The van der Waals surface area contributed by atoms with Crippen molar-refractivity contribution in [2.75, 3.05) is 13.1 Å².